The Labute approximate surface area is 170 Å². The van der Waals surface area contributed by atoms with Gasteiger partial charge in [0.05, 0.1) is 7.11 Å². The van der Waals surface area contributed by atoms with Gasteiger partial charge in [-0.3, -0.25) is 4.90 Å². The third kappa shape index (κ3) is 3.49. The number of benzene rings is 3. The molecule has 0 radical (unpaired) electrons. The molecule has 29 heavy (non-hydrogen) atoms. The van der Waals surface area contributed by atoms with Gasteiger partial charge in [0, 0.05) is 36.3 Å². The van der Waals surface area contributed by atoms with Gasteiger partial charge in [0.1, 0.15) is 17.6 Å². The number of fused-ring (bicyclic) bond motifs is 2. The number of ether oxygens (including phenoxy) is 4. The van der Waals surface area contributed by atoms with Crippen LogP contribution in [0.25, 0.3) is 0 Å². The summed E-state index contributed by atoms with van der Waals surface area (Å²) in [6, 6.07) is 22.4. The summed E-state index contributed by atoms with van der Waals surface area (Å²) in [5, 5.41) is 0. The van der Waals surface area contributed by atoms with Crippen molar-refractivity contribution in [2.45, 2.75) is 19.2 Å². The van der Waals surface area contributed by atoms with E-state index in [0.29, 0.717) is 0 Å². The molecule has 0 amide bonds. The molecule has 0 saturated heterocycles. The van der Waals surface area contributed by atoms with Crippen molar-refractivity contribution in [1.29, 1.82) is 0 Å². The maximum Gasteiger partial charge on any atom is 0.231 e. The van der Waals surface area contributed by atoms with Gasteiger partial charge in [0.15, 0.2) is 11.5 Å². The van der Waals surface area contributed by atoms with Crippen LogP contribution in [0.2, 0.25) is 0 Å². The molecule has 0 N–H and O–H groups in total. The summed E-state index contributed by atoms with van der Waals surface area (Å²) in [5.41, 5.74) is 3.35. The highest BCUT2D eigenvalue weighted by Crippen LogP contribution is 2.38. The van der Waals surface area contributed by atoms with Crippen molar-refractivity contribution in [2.24, 2.45) is 0 Å². The second-order valence-corrected chi connectivity index (χ2v) is 7.28. The van der Waals surface area contributed by atoms with Crippen LogP contribution in [0.1, 0.15) is 22.8 Å². The zero-order valence-electron chi connectivity index (χ0n) is 16.3. The van der Waals surface area contributed by atoms with Crippen molar-refractivity contribution in [2.75, 3.05) is 20.4 Å². The summed E-state index contributed by atoms with van der Waals surface area (Å²) in [7, 11) is 1.70. The lowest BCUT2D eigenvalue weighted by molar-refractivity contribution is 0.139. The number of hydrogen-bond acceptors (Lipinski definition) is 5. The Kier molecular flexibility index (Phi) is 4.74. The normalized spacial score (nSPS) is 17.9. The molecule has 5 nitrogen and oxygen atoms in total. The quantitative estimate of drug-likeness (QED) is 0.654. The molecular formula is C24H23NO4. The number of nitrogens with zero attached hydrogens (tertiary/aromatic N) is 1. The second-order valence-electron chi connectivity index (χ2n) is 7.28. The van der Waals surface area contributed by atoms with E-state index in [-0.39, 0.29) is 12.9 Å². The molecule has 3 aromatic carbocycles. The third-order valence-corrected chi connectivity index (χ3v) is 5.42. The molecule has 0 aromatic heterocycles. The van der Waals surface area contributed by atoms with Crippen LogP contribution in [0.15, 0.2) is 66.7 Å². The van der Waals surface area contributed by atoms with E-state index < -0.39 is 0 Å². The van der Waals surface area contributed by atoms with Gasteiger partial charge in [0.25, 0.3) is 0 Å². The highest BCUT2D eigenvalue weighted by Gasteiger charge is 2.28. The first-order chi connectivity index (χ1) is 14.3. The monoisotopic (exact) mass is 389 g/mol. The predicted octanol–water partition coefficient (Wildman–Crippen LogP) is 4.56. The Morgan fingerprint density at radius 2 is 1.76 bits per heavy atom. The number of para-hydroxylation sites is 3. The average molecular weight is 389 g/mol. The summed E-state index contributed by atoms with van der Waals surface area (Å²) in [5.74, 6) is 3.42. The van der Waals surface area contributed by atoms with Crippen molar-refractivity contribution in [3.05, 3.63) is 83.4 Å². The van der Waals surface area contributed by atoms with E-state index in [4.69, 9.17) is 18.9 Å². The maximum atomic E-state index is 6.47. The highest BCUT2D eigenvalue weighted by atomic mass is 16.7. The minimum atomic E-state index is -0.135. The Bertz CT molecular complexity index is 1020. The molecule has 2 aliphatic heterocycles. The van der Waals surface area contributed by atoms with Gasteiger partial charge in [-0.1, -0.05) is 48.5 Å². The van der Waals surface area contributed by atoms with Crippen LogP contribution >= 0.6 is 0 Å². The zero-order chi connectivity index (χ0) is 19.6. The number of hydrogen-bond donors (Lipinski definition) is 0. The van der Waals surface area contributed by atoms with E-state index >= 15 is 0 Å². The summed E-state index contributed by atoms with van der Waals surface area (Å²) in [4.78, 5) is 2.39. The molecule has 0 bridgehead atoms. The Balaban J connectivity index is 1.50. The van der Waals surface area contributed by atoms with Gasteiger partial charge in [-0.2, -0.15) is 0 Å². The van der Waals surface area contributed by atoms with Crippen LogP contribution in [0.3, 0.4) is 0 Å². The van der Waals surface area contributed by atoms with Crippen molar-refractivity contribution in [1.82, 2.24) is 4.90 Å². The van der Waals surface area contributed by atoms with Crippen LogP contribution in [0.5, 0.6) is 23.0 Å². The lowest BCUT2D eigenvalue weighted by Gasteiger charge is -2.25. The molecular weight excluding hydrogens is 366 g/mol. The Morgan fingerprint density at radius 1 is 0.931 bits per heavy atom. The summed E-state index contributed by atoms with van der Waals surface area (Å²) >= 11 is 0. The smallest absolute Gasteiger partial charge is 0.231 e. The minimum absolute atomic E-state index is 0.135. The highest BCUT2D eigenvalue weighted by molar-refractivity contribution is 5.48. The van der Waals surface area contributed by atoms with E-state index in [1.54, 1.807) is 7.11 Å². The van der Waals surface area contributed by atoms with Crippen molar-refractivity contribution in [3.63, 3.8) is 0 Å². The van der Waals surface area contributed by atoms with Gasteiger partial charge >= 0.3 is 0 Å². The fourth-order valence-electron chi connectivity index (χ4n) is 4.05. The lowest BCUT2D eigenvalue weighted by Crippen LogP contribution is -2.28. The van der Waals surface area contributed by atoms with Crippen LogP contribution in [-0.4, -0.2) is 25.3 Å². The SMILES string of the molecule is COc1ccccc1C1CN(Cc2cccc3c2OCO3)Cc2ccccc2O1. The van der Waals surface area contributed by atoms with Gasteiger partial charge in [-0.25, -0.2) is 0 Å². The summed E-state index contributed by atoms with van der Waals surface area (Å²) in [6.45, 7) is 2.56. The van der Waals surface area contributed by atoms with Gasteiger partial charge in [0.2, 0.25) is 6.79 Å². The number of rotatable bonds is 4. The van der Waals surface area contributed by atoms with Gasteiger partial charge in [-0.15, -0.1) is 0 Å². The van der Waals surface area contributed by atoms with Gasteiger partial charge < -0.3 is 18.9 Å². The van der Waals surface area contributed by atoms with E-state index in [1.165, 1.54) is 5.56 Å². The molecule has 1 atom stereocenters. The molecule has 0 fully saturated rings. The zero-order valence-corrected chi connectivity index (χ0v) is 16.3. The second kappa shape index (κ2) is 7.68. The fraction of sp³-hybridized carbons (Fsp3) is 0.250. The van der Waals surface area contributed by atoms with Crippen molar-refractivity contribution < 1.29 is 18.9 Å². The first kappa shape index (κ1) is 17.9. The first-order valence-electron chi connectivity index (χ1n) is 9.79. The van der Waals surface area contributed by atoms with E-state index in [0.717, 1.165) is 53.8 Å². The van der Waals surface area contributed by atoms with E-state index in [1.807, 2.05) is 42.5 Å². The largest absolute Gasteiger partial charge is 0.496 e. The van der Waals surface area contributed by atoms with Crippen LogP contribution in [0, 0.1) is 0 Å². The Hall–Kier alpha value is -3.18. The summed E-state index contributed by atoms with van der Waals surface area (Å²) in [6.07, 6.45) is -0.135. The predicted molar refractivity (Wildman–Crippen MR) is 109 cm³/mol. The van der Waals surface area contributed by atoms with Crippen molar-refractivity contribution in [3.8, 4) is 23.0 Å². The minimum Gasteiger partial charge on any atom is -0.496 e. The molecule has 2 aliphatic rings. The molecule has 2 heterocycles. The topological polar surface area (TPSA) is 40.2 Å². The van der Waals surface area contributed by atoms with E-state index in [9.17, 15) is 0 Å². The van der Waals surface area contributed by atoms with Crippen molar-refractivity contribution >= 4 is 0 Å². The fourth-order valence-corrected chi connectivity index (χ4v) is 4.05. The standard InChI is InChI=1S/C24H23NO4/c1-26-21-11-5-3-9-19(21)23-15-25(13-17-7-2-4-10-20(17)29-23)14-18-8-6-12-22-24(18)28-16-27-22/h2-12,23H,13-16H2,1H3. The molecule has 148 valence electrons. The van der Waals surface area contributed by atoms with Crippen LogP contribution < -0.4 is 18.9 Å². The van der Waals surface area contributed by atoms with E-state index in [2.05, 4.69) is 29.2 Å². The first-order valence-corrected chi connectivity index (χ1v) is 9.79. The molecule has 0 saturated carbocycles. The molecule has 5 rings (SSSR count). The molecule has 0 aliphatic carbocycles. The van der Waals surface area contributed by atoms with Gasteiger partial charge in [-0.05, 0) is 18.2 Å². The maximum absolute atomic E-state index is 6.47. The van der Waals surface area contributed by atoms with Crippen LogP contribution in [0.4, 0.5) is 0 Å². The molecule has 3 aromatic rings. The lowest BCUT2D eigenvalue weighted by atomic mass is 10.1. The Morgan fingerprint density at radius 3 is 2.69 bits per heavy atom. The molecule has 5 heteroatoms. The third-order valence-electron chi connectivity index (χ3n) is 5.42. The molecule has 0 spiro atoms. The molecule has 1 unspecified atom stereocenters. The average Bonchev–Trinajstić information content (AvgIpc) is 3.16. The summed E-state index contributed by atoms with van der Waals surface area (Å²) < 4.78 is 23.3. The number of methoxy groups -OCH3 is 1. The van der Waals surface area contributed by atoms with Crippen LogP contribution in [-0.2, 0) is 13.1 Å².